The molecule has 0 radical (unpaired) electrons. The van der Waals surface area contributed by atoms with Gasteiger partial charge >= 0.3 is 0 Å². The maximum Gasteiger partial charge on any atom is 0.0177 e. The Kier molecular flexibility index (Phi) is 30.9. The van der Waals surface area contributed by atoms with E-state index < -0.39 is 0 Å². The maximum absolute atomic E-state index is 3.95. The van der Waals surface area contributed by atoms with E-state index in [9.17, 15) is 0 Å². The predicted molar refractivity (Wildman–Crippen MR) is 514 cm³/mol. The Labute approximate surface area is 720 Å². The molecule has 0 fully saturated rings. The monoisotopic (exact) mass is 1570 g/mol. The lowest BCUT2D eigenvalue weighted by molar-refractivity contribution is 0.290. The van der Waals surface area contributed by atoms with Crippen molar-refractivity contribution < 1.29 is 0 Å². The van der Waals surface area contributed by atoms with E-state index in [1.807, 2.05) is 0 Å². The molecule has 0 saturated carbocycles. The average Bonchev–Trinajstić information content (AvgIpc) is 1.25. The number of benzene rings is 10. The van der Waals surface area contributed by atoms with E-state index in [4.69, 9.17) is 0 Å². The lowest BCUT2D eigenvalue weighted by atomic mass is 9.65. The highest BCUT2D eigenvalue weighted by molar-refractivity contribution is 5.48. The van der Waals surface area contributed by atoms with Crippen LogP contribution in [0.3, 0.4) is 0 Å². The van der Waals surface area contributed by atoms with Gasteiger partial charge in [-0.05, 0) is 317 Å². The Bertz CT molecular complexity index is 4860. The third kappa shape index (κ3) is 21.2. The second-order valence-corrected chi connectivity index (χ2v) is 40.0. The summed E-state index contributed by atoms with van der Waals surface area (Å²) in [6.45, 7) is 45.4. The van der Waals surface area contributed by atoms with Crippen molar-refractivity contribution in [3.63, 3.8) is 0 Å². The zero-order valence-electron chi connectivity index (χ0n) is 76.6. The predicted octanol–water partition coefficient (Wildman–Crippen LogP) is 32.1. The van der Waals surface area contributed by atoms with Crippen LogP contribution in [-0.2, 0) is 107 Å². The minimum absolute atomic E-state index is 0.204. The lowest BCUT2D eigenvalue weighted by Gasteiger charge is -2.39. The summed E-state index contributed by atoms with van der Waals surface area (Å²) in [6.07, 6.45) is 40.5. The molecule has 9 aliphatic carbocycles. The fourth-order valence-corrected chi connectivity index (χ4v) is 22.1. The molecule has 10 aromatic rings. The van der Waals surface area contributed by atoms with Crippen molar-refractivity contribution in [2.24, 2.45) is 5.92 Å². The van der Waals surface area contributed by atoms with E-state index in [1.165, 1.54) is 219 Å². The summed E-state index contributed by atoms with van der Waals surface area (Å²) in [7, 11) is 0. The molecule has 0 amide bonds. The van der Waals surface area contributed by atoms with Crippen LogP contribution in [0.4, 0.5) is 0 Å². The van der Waals surface area contributed by atoms with Crippen LogP contribution >= 0.6 is 0 Å². The number of hydrogen-bond acceptors (Lipinski definition) is 0. The molecule has 0 spiro atoms. The molecule has 7 unspecified atom stereocenters. The molecule has 7 atom stereocenters. The van der Waals surface area contributed by atoms with Crippen LogP contribution < -0.4 is 0 Å². The second-order valence-electron chi connectivity index (χ2n) is 40.0. The van der Waals surface area contributed by atoms with Gasteiger partial charge in [-0.1, -0.05) is 378 Å². The normalized spacial score (nSPS) is 24.8. The zero-order chi connectivity index (χ0) is 84.3. The Morgan fingerprint density at radius 2 is 0.551 bits per heavy atom. The van der Waals surface area contributed by atoms with Gasteiger partial charge in [0, 0.05) is 16.2 Å². The molecule has 624 valence electrons. The Hall–Kier alpha value is -8.32. The first-order valence-corrected chi connectivity index (χ1v) is 46.7. The third-order valence-corrected chi connectivity index (χ3v) is 30.8. The standard InChI is InChI=1S/C17H18.2C14H20.C13H18.C13H16.2C12H16.C12H14.C11H14/c1-17(15-10-3-2-4-11-15)13-7-9-14-8-5-6-12-16(14)17;1-11(2)14(3)10-6-8-12-7-4-5-9-13(12)14;1-3-10-14(2)11-6-8-12-7-4-5-9-13(12)14;2*1-3-13(2)10-6-8-11-7-4-5-9-12(11)13;1-12(2)9-5-7-10-6-3-4-8-11(10)12;2*1-3-12(2)9-8-10-6-4-5-7-11(10)12;1-11(2)8-7-9-5-3-4-6-10(9)11/h2-6,8,10-12H,7,9,13H2,1H3;4-5,7,9,11H,6,8,10H2,1-3H3;4-5,7,9H,3,6,8,10-11H2,1-2H3;4-5,7,9H,3,6,8,10H2,1-2H3;3-5,7,9H,1,6,8,10H2,2H3;3-4,6,8H,5,7,9H2,1-2H3;4-7H,3,8-9H2,1-2H3;3-7H,1,8-9H2,2H3;3-6H,7-8H2,1-2H3. The molecule has 19 rings (SSSR count). The van der Waals surface area contributed by atoms with Gasteiger partial charge in [-0.15, -0.1) is 13.2 Å². The number of hydrogen-bond donors (Lipinski definition) is 0. The molecular formula is C118H152. The van der Waals surface area contributed by atoms with Gasteiger partial charge in [-0.25, -0.2) is 0 Å². The molecule has 0 nitrogen and oxygen atoms in total. The fourth-order valence-electron chi connectivity index (χ4n) is 22.1. The molecule has 0 N–H and O–H groups in total. The van der Waals surface area contributed by atoms with E-state index in [0.29, 0.717) is 32.5 Å². The van der Waals surface area contributed by atoms with Crippen molar-refractivity contribution in [3.8, 4) is 0 Å². The summed E-state index contributed by atoms with van der Waals surface area (Å²) in [5.74, 6) is 0.740. The quantitative estimate of drug-likeness (QED) is 0.133. The van der Waals surface area contributed by atoms with Crippen LogP contribution in [0.2, 0.25) is 0 Å². The van der Waals surface area contributed by atoms with Crippen molar-refractivity contribution in [1.29, 1.82) is 0 Å². The van der Waals surface area contributed by atoms with Crippen LogP contribution in [0.15, 0.2) is 274 Å². The van der Waals surface area contributed by atoms with E-state index in [2.05, 4.69) is 385 Å². The lowest BCUT2D eigenvalue weighted by Crippen LogP contribution is -2.32. The van der Waals surface area contributed by atoms with Gasteiger partial charge in [0.25, 0.3) is 0 Å². The molecule has 118 heavy (non-hydrogen) atoms. The van der Waals surface area contributed by atoms with Gasteiger partial charge in [0.15, 0.2) is 0 Å². The Balaban J connectivity index is 0.000000130. The van der Waals surface area contributed by atoms with E-state index >= 15 is 0 Å². The van der Waals surface area contributed by atoms with E-state index in [0.717, 1.165) is 5.92 Å². The summed E-state index contributed by atoms with van der Waals surface area (Å²) in [6, 6.07) is 90.8. The molecule has 0 aromatic heterocycles. The molecule has 0 saturated heterocycles. The van der Waals surface area contributed by atoms with Gasteiger partial charge in [-0.2, -0.15) is 0 Å². The highest BCUT2D eigenvalue weighted by Gasteiger charge is 2.38. The Morgan fingerprint density at radius 3 is 0.992 bits per heavy atom. The second kappa shape index (κ2) is 40.4. The van der Waals surface area contributed by atoms with Gasteiger partial charge in [0.1, 0.15) is 0 Å². The van der Waals surface area contributed by atoms with Gasteiger partial charge < -0.3 is 0 Å². The first kappa shape index (κ1) is 90.4. The third-order valence-electron chi connectivity index (χ3n) is 30.8. The van der Waals surface area contributed by atoms with Crippen molar-refractivity contribution in [2.75, 3.05) is 0 Å². The van der Waals surface area contributed by atoms with Crippen LogP contribution in [0.25, 0.3) is 0 Å². The number of allylic oxidation sites excluding steroid dienone is 2. The maximum atomic E-state index is 3.95. The van der Waals surface area contributed by atoms with Crippen LogP contribution in [0.5, 0.6) is 0 Å². The van der Waals surface area contributed by atoms with Crippen LogP contribution in [0, 0.1) is 5.92 Å². The van der Waals surface area contributed by atoms with E-state index in [-0.39, 0.29) is 16.2 Å². The van der Waals surface area contributed by atoms with Crippen molar-refractivity contribution in [3.05, 3.63) is 380 Å². The summed E-state index contributed by atoms with van der Waals surface area (Å²) < 4.78 is 0. The molecule has 0 aliphatic heterocycles. The summed E-state index contributed by atoms with van der Waals surface area (Å²) in [5.41, 5.74) is 32.7. The SMILES string of the molecule is C=CC1(C)CCCc2ccccc21.C=CC1(C)CCc2ccccc21.CC(C)C1(C)CCCc2ccccc21.CC1(C)CCCc2ccccc21.CC1(C)CCc2ccccc21.CC1(c2ccccc2)CCCc2ccccc21.CCC1(C)CCCc2ccccc21.CCC1(C)CCc2ccccc21.CCCC1(C)CCCc2ccccc21. The summed E-state index contributed by atoms with van der Waals surface area (Å²) in [5, 5.41) is 0. The smallest absolute Gasteiger partial charge is 0.0177 e. The van der Waals surface area contributed by atoms with Crippen LogP contribution in [-0.4, -0.2) is 0 Å². The number of aryl methyl sites for hydroxylation is 9. The van der Waals surface area contributed by atoms with E-state index in [1.54, 1.807) is 66.8 Å². The van der Waals surface area contributed by atoms with Crippen LogP contribution in [0.1, 0.15) is 338 Å². The zero-order valence-corrected chi connectivity index (χ0v) is 76.6. The first-order chi connectivity index (χ1) is 56.7. The average molecular weight is 1570 g/mol. The molecular weight excluding hydrogens is 1420 g/mol. The van der Waals surface area contributed by atoms with Crippen molar-refractivity contribution in [2.45, 2.75) is 339 Å². The minimum atomic E-state index is 0.204. The molecule has 0 bridgehead atoms. The molecule has 0 heteroatoms. The molecule has 10 aromatic carbocycles. The molecule has 9 aliphatic rings. The largest absolute Gasteiger partial charge is 0.102 e. The van der Waals surface area contributed by atoms with Crippen molar-refractivity contribution >= 4 is 0 Å². The fraction of sp³-hybridized carbons (Fsp3) is 0.458. The number of fused-ring (bicyclic) bond motifs is 9. The van der Waals surface area contributed by atoms with Gasteiger partial charge in [0.05, 0.1) is 0 Å². The van der Waals surface area contributed by atoms with Gasteiger partial charge in [0.2, 0.25) is 0 Å². The first-order valence-electron chi connectivity index (χ1n) is 46.7. The summed E-state index contributed by atoms with van der Waals surface area (Å²) in [4.78, 5) is 0. The molecule has 0 heterocycles. The topological polar surface area (TPSA) is 0 Å². The Morgan fingerprint density at radius 1 is 0.263 bits per heavy atom. The highest BCUT2D eigenvalue weighted by Crippen LogP contribution is 2.48. The number of rotatable bonds is 8. The minimum Gasteiger partial charge on any atom is -0.102 e. The van der Waals surface area contributed by atoms with Crippen molar-refractivity contribution in [1.82, 2.24) is 0 Å². The summed E-state index contributed by atoms with van der Waals surface area (Å²) >= 11 is 0. The van der Waals surface area contributed by atoms with Gasteiger partial charge in [-0.3, -0.25) is 0 Å². The highest BCUT2D eigenvalue weighted by atomic mass is 14.4.